The van der Waals surface area contributed by atoms with Crippen molar-refractivity contribution in [2.75, 3.05) is 6.79 Å². The van der Waals surface area contributed by atoms with E-state index in [0.29, 0.717) is 11.5 Å². The number of nitrogens with zero attached hydrogens (tertiary/aromatic N) is 1. The van der Waals surface area contributed by atoms with Crippen molar-refractivity contribution in [1.82, 2.24) is 10.6 Å². The second-order valence-corrected chi connectivity index (χ2v) is 6.26. The van der Waals surface area contributed by atoms with E-state index in [1.54, 1.807) is 6.07 Å². The molecule has 0 amide bonds. The molecule has 4 rings (SSSR count). The summed E-state index contributed by atoms with van der Waals surface area (Å²) in [7, 11) is 0. The highest BCUT2D eigenvalue weighted by atomic mass is 19.4. The van der Waals surface area contributed by atoms with E-state index >= 15 is 0 Å². The minimum absolute atomic E-state index is 0.0295. The van der Waals surface area contributed by atoms with Crippen LogP contribution in [0.1, 0.15) is 24.8 Å². The Balaban J connectivity index is 1.75. The van der Waals surface area contributed by atoms with Gasteiger partial charge in [0.2, 0.25) is 6.79 Å². The number of fused-ring (bicyclic) bond motifs is 1. The Kier molecular flexibility index (Phi) is 3.57. The molecule has 2 heterocycles. The highest BCUT2D eigenvalue weighted by Gasteiger charge is 2.50. The molecule has 9 heteroatoms. The molecule has 1 saturated carbocycles. The van der Waals surface area contributed by atoms with Crippen LogP contribution in [0.5, 0.6) is 11.5 Å². The zero-order valence-corrected chi connectivity index (χ0v) is 13.2. The van der Waals surface area contributed by atoms with Crippen LogP contribution < -0.4 is 25.8 Å². The molecule has 6 nitrogen and oxygen atoms in total. The zero-order valence-electron chi connectivity index (χ0n) is 13.2. The molecule has 2 aliphatic heterocycles. The molecule has 0 spiro atoms. The predicted molar refractivity (Wildman–Crippen MR) is 83.9 cm³/mol. The van der Waals surface area contributed by atoms with Crippen molar-refractivity contribution in [2.24, 2.45) is 10.7 Å². The number of ether oxygens (including phenoxy) is 2. The average Bonchev–Trinajstić information content (AvgIpc) is 2.97. The molecule has 1 aromatic rings. The molecule has 1 aliphatic carbocycles. The van der Waals surface area contributed by atoms with Crippen LogP contribution in [-0.2, 0) is 5.66 Å². The van der Waals surface area contributed by atoms with Gasteiger partial charge >= 0.3 is 6.18 Å². The lowest BCUT2D eigenvalue weighted by molar-refractivity contribution is -0.103. The van der Waals surface area contributed by atoms with E-state index in [-0.39, 0.29) is 24.4 Å². The van der Waals surface area contributed by atoms with Crippen molar-refractivity contribution in [3.05, 3.63) is 35.5 Å². The van der Waals surface area contributed by atoms with E-state index in [0.717, 1.165) is 25.5 Å². The van der Waals surface area contributed by atoms with Crippen molar-refractivity contribution in [3.63, 3.8) is 0 Å². The topological polar surface area (TPSA) is 80.9 Å². The molecule has 0 radical (unpaired) electrons. The van der Waals surface area contributed by atoms with Gasteiger partial charge in [0.05, 0.1) is 11.6 Å². The summed E-state index contributed by atoms with van der Waals surface area (Å²) in [5.74, 6) is 1.07. The number of nitrogens with one attached hydrogen (secondary N) is 2. The highest BCUT2D eigenvalue weighted by Crippen LogP contribution is 2.41. The quantitative estimate of drug-likeness (QED) is 0.758. The van der Waals surface area contributed by atoms with Gasteiger partial charge in [-0.1, -0.05) is 6.07 Å². The zero-order chi connectivity index (χ0) is 17.7. The van der Waals surface area contributed by atoms with E-state index < -0.39 is 17.4 Å². The third-order valence-corrected chi connectivity index (χ3v) is 4.61. The van der Waals surface area contributed by atoms with E-state index in [2.05, 4.69) is 15.6 Å². The molecule has 1 atom stereocenters. The molecular weight excluding hydrogens is 337 g/mol. The Hall–Kier alpha value is -2.42. The molecule has 1 unspecified atom stereocenters. The molecule has 4 N–H and O–H groups in total. The molecule has 1 aromatic carbocycles. The first-order valence-corrected chi connectivity index (χ1v) is 7.95. The Morgan fingerprint density at radius 2 is 1.96 bits per heavy atom. The fourth-order valence-electron chi connectivity index (χ4n) is 2.99. The second kappa shape index (κ2) is 5.55. The van der Waals surface area contributed by atoms with E-state index in [1.165, 1.54) is 12.1 Å². The van der Waals surface area contributed by atoms with Gasteiger partial charge in [0.1, 0.15) is 5.66 Å². The van der Waals surface area contributed by atoms with Crippen LogP contribution in [0, 0.1) is 0 Å². The minimum Gasteiger partial charge on any atom is -0.454 e. The summed E-state index contributed by atoms with van der Waals surface area (Å²) in [4.78, 5) is 4.40. The highest BCUT2D eigenvalue weighted by molar-refractivity contribution is 5.84. The SMILES string of the molecule is NC1(c2ccc3c(c2)OCO3)NC(=NC2CCC2)NC=C1C(F)(F)F. The number of nitrogens with two attached hydrogens (primary N) is 1. The first-order valence-electron chi connectivity index (χ1n) is 7.95. The van der Waals surface area contributed by atoms with Gasteiger partial charge in [0, 0.05) is 11.8 Å². The Labute approximate surface area is 141 Å². The van der Waals surface area contributed by atoms with Crippen LogP contribution in [0.25, 0.3) is 0 Å². The second-order valence-electron chi connectivity index (χ2n) is 6.26. The molecule has 0 saturated heterocycles. The van der Waals surface area contributed by atoms with Gasteiger partial charge in [-0.2, -0.15) is 13.2 Å². The minimum atomic E-state index is -4.62. The van der Waals surface area contributed by atoms with Crippen LogP contribution in [0.2, 0.25) is 0 Å². The maximum absolute atomic E-state index is 13.5. The van der Waals surface area contributed by atoms with Gasteiger partial charge in [-0.25, -0.2) is 4.99 Å². The van der Waals surface area contributed by atoms with Gasteiger partial charge in [0.25, 0.3) is 0 Å². The first kappa shape index (κ1) is 16.1. The lowest BCUT2D eigenvalue weighted by atomic mass is 9.90. The smallest absolute Gasteiger partial charge is 0.417 e. The number of benzene rings is 1. The molecule has 0 bridgehead atoms. The Morgan fingerprint density at radius 1 is 1.20 bits per heavy atom. The third kappa shape index (κ3) is 2.78. The fourth-order valence-corrected chi connectivity index (χ4v) is 2.99. The number of rotatable bonds is 2. The predicted octanol–water partition coefficient (Wildman–Crippen LogP) is 2.07. The van der Waals surface area contributed by atoms with Crippen molar-refractivity contribution >= 4 is 5.96 Å². The van der Waals surface area contributed by atoms with Crippen LogP contribution in [0.4, 0.5) is 13.2 Å². The summed E-state index contributed by atoms with van der Waals surface area (Å²) in [6.45, 7) is 0.0295. The Bertz CT molecular complexity index is 758. The normalized spacial score (nSPS) is 27.4. The van der Waals surface area contributed by atoms with Crippen molar-refractivity contribution in [2.45, 2.75) is 37.1 Å². The number of alkyl halides is 3. The summed E-state index contributed by atoms with van der Waals surface area (Å²) >= 11 is 0. The summed E-state index contributed by atoms with van der Waals surface area (Å²) in [5.41, 5.74) is 3.51. The summed E-state index contributed by atoms with van der Waals surface area (Å²) in [6.07, 6.45) is -0.832. The van der Waals surface area contributed by atoms with Gasteiger partial charge in [-0.15, -0.1) is 0 Å². The molecule has 134 valence electrons. The number of hydrogen-bond acceptors (Lipinski definition) is 4. The van der Waals surface area contributed by atoms with E-state index in [1.807, 2.05) is 0 Å². The molecule has 0 aromatic heterocycles. The fraction of sp³-hybridized carbons (Fsp3) is 0.438. The van der Waals surface area contributed by atoms with E-state index in [9.17, 15) is 13.2 Å². The first-order chi connectivity index (χ1) is 11.9. The van der Waals surface area contributed by atoms with Gasteiger partial charge in [-0.3, -0.25) is 0 Å². The van der Waals surface area contributed by atoms with Gasteiger partial charge in [0.15, 0.2) is 17.5 Å². The van der Waals surface area contributed by atoms with Crippen molar-refractivity contribution in [1.29, 1.82) is 0 Å². The Morgan fingerprint density at radius 3 is 2.64 bits per heavy atom. The van der Waals surface area contributed by atoms with Crippen LogP contribution >= 0.6 is 0 Å². The van der Waals surface area contributed by atoms with E-state index in [4.69, 9.17) is 15.2 Å². The third-order valence-electron chi connectivity index (χ3n) is 4.61. The summed E-state index contributed by atoms with van der Waals surface area (Å²) in [6, 6.07) is 4.61. The number of aliphatic imine (C=N–C) groups is 1. The molecule has 1 fully saturated rings. The van der Waals surface area contributed by atoms with Crippen molar-refractivity contribution < 1.29 is 22.6 Å². The summed E-state index contributed by atoms with van der Waals surface area (Å²) in [5, 5.41) is 5.30. The lowest BCUT2D eigenvalue weighted by Gasteiger charge is -2.39. The maximum Gasteiger partial charge on any atom is 0.417 e. The largest absolute Gasteiger partial charge is 0.454 e. The standard InChI is InChI=1S/C16H17F3N4O2/c17-16(18,19)13-7-21-14(22-10-2-1-3-10)23-15(13,20)9-4-5-11-12(6-9)25-8-24-11/h4-7,10H,1-3,8,20H2,(H2,21,22,23). The van der Waals surface area contributed by atoms with Crippen molar-refractivity contribution in [3.8, 4) is 11.5 Å². The van der Waals surface area contributed by atoms with Crippen LogP contribution in [0.3, 0.4) is 0 Å². The number of halogens is 3. The lowest BCUT2D eigenvalue weighted by Crippen LogP contribution is -2.62. The average molecular weight is 354 g/mol. The molecule has 25 heavy (non-hydrogen) atoms. The van der Waals surface area contributed by atoms with Crippen LogP contribution in [0.15, 0.2) is 35.0 Å². The molecular formula is C16H17F3N4O2. The van der Waals surface area contributed by atoms with Gasteiger partial charge in [-0.05, 0) is 31.4 Å². The number of hydrogen-bond donors (Lipinski definition) is 3. The number of guanidine groups is 1. The van der Waals surface area contributed by atoms with Gasteiger partial charge < -0.3 is 25.8 Å². The summed E-state index contributed by atoms with van der Waals surface area (Å²) < 4.78 is 51.1. The maximum atomic E-state index is 13.5. The van der Waals surface area contributed by atoms with Crippen LogP contribution in [-0.4, -0.2) is 25.0 Å². The molecule has 3 aliphatic rings. The monoisotopic (exact) mass is 354 g/mol.